The minimum atomic E-state index is -0.453. The van der Waals surface area contributed by atoms with Crippen molar-refractivity contribution in [1.82, 2.24) is 20.6 Å². The van der Waals surface area contributed by atoms with E-state index in [0.29, 0.717) is 22.6 Å². The summed E-state index contributed by atoms with van der Waals surface area (Å²) in [6.45, 7) is 2.07. The number of nitrogens with zero attached hydrogens (tertiary/aromatic N) is 2. The van der Waals surface area contributed by atoms with Crippen LogP contribution in [0.1, 0.15) is 26.4 Å². The lowest BCUT2D eigenvalue weighted by molar-refractivity contribution is 0.0846. The molecule has 0 radical (unpaired) electrons. The lowest BCUT2D eigenvalue weighted by Gasteiger charge is -2.09. The fourth-order valence-corrected chi connectivity index (χ4v) is 2.69. The molecule has 2 heterocycles. The zero-order chi connectivity index (χ0) is 18.8. The van der Waals surface area contributed by atoms with Gasteiger partial charge in [0, 0.05) is 23.0 Å². The minimum absolute atomic E-state index is 0.130. The highest BCUT2D eigenvalue weighted by atomic mass is 16.7. The average Bonchev–Trinajstić information content (AvgIpc) is 3.34. The molecule has 0 bridgehead atoms. The van der Waals surface area contributed by atoms with Gasteiger partial charge in [0.1, 0.15) is 0 Å². The van der Waals surface area contributed by atoms with E-state index in [1.165, 1.54) is 0 Å². The Labute approximate surface area is 154 Å². The number of hydrogen-bond donors (Lipinski definition) is 2. The fourth-order valence-electron chi connectivity index (χ4n) is 2.69. The predicted octanol–water partition coefficient (Wildman–Crippen LogP) is 1.98. The number of carbonyl (C=O) groups is 2. The van der Waals surface area contributed by atoms with Crippen LogP contribution in [-0.2, 0) is 0 Å². The maximum atomic E-state index is 12.2. The third-order valence-electron chi connectivity index (χ3n) is 4.13. The first-order chi connectivity index (χ1) is 13.1. The van der Waals surface area contributed by atoms with Crippen molar-refractivity contribution >= 4 is 11.8 Å². The Morgan fingerprint density at radius 3 is 2.30 bits per heavy atom. The Morgan fingerprint density at radius 1 is 0.926 bits per heavy atom. The normalized spacial score (nSPS) is 11.9. The summed E-state index contributed by atoms with van der Waals surface area (Å²) in [4.78, 5) is 24.4. The molecular formula is C19H16N4O4. The van der Waals surface area contributed by atoms with E-state index in [0.717, 1.165) is 11.4 Å². The third-order valence-corrected chi connectivity index (χ3v) is 4.13. The molecule has 4 rings (SSSR count). The molecule has 0 spiro atoms. The first-order valence-corrected chi connectivity index (χ1v) is 8.23. The van der Waals surface area contributed by atoms with E-state index in [1.54, 1.807) is 53.3 Å². The Balaban J connectivity index is 1.39. The average molecular weight is 364 g/mol. The van der Waals surface area contributed by atoms with Crippen LogP contribution < -0.4 is 20.3 Å². The lowest BCUT2D eigenvalue weighted by atomic mass is 10.2. The molecule has 2 aromatic carbocycles. The van der Waals surface area contributed by atoms with Crippen molar-refractivity contribution in [2.24, 2.45) is 0 Å². The molecule has 0 aliphatic carbocycles. The monoisotopic (exact) mass is 364 g/mol. The van der Waals surface area contributed by atoms with Gasteiger partial charge in [0.2, 0.25) is 6.79 Å². The van der Waals surface area contributed by atoms with Crippen LogP contribution >= 0.6 is 0 Å². The molecular weight excluding hydrogens is 348 g/mol. The minimum Gasteiger partial charge on any atom is -0.454 e. The van der Waals surface area contributed by atoms with Gasteiger partial charge < -0.3 is 9.47 Å². The second-order valence-corrected chi connectivity index (χ2v) is 5.91. The Bertz CT molecular complexity index is 1010. The Kier molecular flexibility index (Phi) is 4.21. The SMILES string of the molecule is Cc1ccnn1-c1ccc(C(=O)NNC(=O)c2ccc3c(c2)OCO3)cc1. The van der Waals surface area contributed by atoms with Crippen molar-refractivity contribution in [2.45, 2.75) is 6.92 Å². The molecule has 8 nitrogen and oxygen atoms in total. The summed E-state index contributed by atoms with van der Waals surface area (Å²) >= 11 is 0. The van der Waals surface area contributed by atoms with Crippen molar-refractivity contribution in [2.75, 3.05) is 6.79 Å². The molecule has 2 N–H and O–H groups in total. The van der Waals surface area contributed by atoms with Gasteiger partial charge in [-0.2, -0.15) is 5.10 Å². The van der Waals surface area contributed by atoms with Crippen LogP contribution in [0.5, 0.6) is 11.5 Å². The van der Waals surface area contributed by atoms with Gasteiger partial charge in [-0.1, -0.05) is 0 Å². The molecule has 2 amide bonds. The summed E-state index contributed by atoms with van der Waals surface area (Å²) in [5, 5.41) is 4.22. The third kappa shape index (κ3) is 3.32. The van der Waals surface area contributed by atoms with Gasteiger partial charge in [0.25, 0.3) is 11.8 Å². The summed E-state index contributed by atoms with van der Waals surface area (Å²) in [5.41, 5.74) is 7.38. The maximum Gasteiger partial charge on any atom is 0.269 e. The van der Waals surface area contributed by atoms with Crippen molar-refractivity contribution < 1.29 is 19.1 Å². The van der Waals surface area contributed by atoms with Gasteiger partial charge in [-0.25, -0.2) is 4.68 Å². The molecule has 8 heteroatoms. The highest BCUT2D eigenvalue weighted by Crippen LogP contribution is 2.32. The summed E-state index contributed by atoms with van der Waals surface area (Å²) in [6, 6.07) is 13.6. The van der Waals surface area contributed by atoms with Crippen LogP contribution in [0.3, 0.4) is 0 Å². The topological polar surface area (TPSA) is 94.5 Å². The molecule has 1 aromatic heterocycles. The van der Waals surface area contributed by atoms with E-state index < -0.39 is 11.8 Å². The number of fused-ring (bicyclic) bond motifs is 1. The number of hydrogen-bond acceptors (Lipinski definition) is 5. The first kappa shape index (κ1) is 16.6. The van der Waals surface area contributed by atoms with Crippen LogP contribution in [-0.4, -0.2) is 28.4 Å². The van der Waals surface area contributed by atoms with Crippen molar-refractivity contribution in [3.8, 4) is 17.2 Å². The zero-order valence-corrected chi connectivity index (χ0v) is 14.4. The molecule has 0 atom stereocenters. The van der Waals surface area contributed by atoms with Gasteiger partial charge in [0.15, 0.2) is 11.5 Å². The van der Waals surface area contributed by atoms with Crippen molar-refractivity contribution in [3.05, 3.63) is 71.5 Å². The lowest BCUT2D eigenvalue weighted by Crippen LogP contribution is -2.41. The molecule has 0 saturated carbocycles. The van der Waals surface area contributed by atoms with Gasteiger partial charge >= 0.3 is 0 Å². The van der Waals surface area contributed by atoms with Crippen molar-refractivity contribution in [3.63, 3.8) is 0 Å². The number of aromatic nitrogens is 2. The summed E-state index contributed by atoms with van der Waals surface area (Å²) in [7, 11) is 0. The number of amides is 2. The standard InChI is InChI=1S/C19H16N4O4/c1-12-8-9-20-23(12)15-5-2-13(3-6-15)18(24)21-22-19(25)14-4-7-16-17(10-14)27-11-26-16/h2-10H,11H2,1H3,(H,21,24)(H,22,25). The smallest absolute Gasteiger partial charge is 0.269 e. The second kappa shape index (κ2) is 6.83. The quantitative estimate of drug-likeness (QED) is 0.693. The number of aryl methyl sites for hydroxylation is 1. The van der Waals surface area contributed by atoms with E-state index >= 15 is 0 Å². The highest BCUT2D eigenvalue weighted by Gasteiger charge is 2.16. The van der Waals surface area contributed by atoms with Crippen LogP contribution in [0.2, 0.25) is 0 Å². The van der Waals surface area contributed by atoms with E-state index in [4.69, 9.17) is 9.47 Å². The highest BCUT2D eigenvalue weighted by molar-refractivity contribution is 5.99. The van der Waals surface area contributed by atoms with E-state index in [1.807, 2.05) is 13.0 Å². The number of hydrazine groups is 1. The summed E-state index contributed by atoms with van der Waals surface area (Å²) in [6.07, 6.45) is 1.71. The molecule has 0 saturated heterocycles. The molecule has 1 aliphatic heterocycles. The van der Waals surface area contributed by atoms with Gasteiger partial charge in [-0.15, -0.1) is 0 Å². The number of rotatable bonds is 3. The van der Waals surface area contributed by atoms with Crippen LogP contribution in [0.15, 0.2) is 54.7 Å². The maximum absolute atomic E-state index is 12.2. The summed E-state index contributed by atoms with van der Waals surface area (Å²) < 4.78 is 12.2. The van der Waals surface area contributed by atoms with E-state index in [-0.39, 0.29) is 6.79 Å². The fraction of sp³-hybridized carbons (Fsp3) is 0.105. The number of carbonyl (C=O) groups excluding carboxylic acids is 2. The van der Waals surface area contributed by atoms with Crippen LogP contribution in [0.4, 0.5) is 0 Å². The van der Waals surface area contributed by atoms with Crippen LogP contribution in [0.25, 0.3) is 5.69 Å². The van der Waals surface area contributed by atoms with Gasteiger partial charge in [0.05, 0.1) is 5.69 Å². The second-order valence-electron chi connectivity index (χ2n) is 5.91. The molecule has 3 aromatic rings. The number of nitrogens with one attached hydrogen (secondary N) is 2. The van der Waals surface area contributed by atoms with Gasteiger partial charge in [-0.05, 0) is 55.5 Å². The Morgan fingerprint density at radius 2 is 1.59 bits per heavy atom. The predicted molar refractivity (Wildman–Crippen MR) is 95.8 cm³/mol. The largest absolute Gasteiger partial charge is 0.454 e. The number of benzene rings is 2. The Hall–Kier alpha value is -3.81. The first-order valence-electron chi connectivity index (χ1n) is 8.23. The van der Waals surface area contributed by atoms with E-state index in [2.05, 4.69) is 16.0 Å². The molecule has 0 unspecified atom stereocenters. The summed E-state index contributed by atoms with van der Waals surface area (Å²) in [5.74, 6) is 0.208. The zero-order valence-electron chi connectivity index (χ0n) is 14.4. The van der Waals surface area contributed by atoms with Crippen molar-refractivity contribution in [1.29, 1.82) is 0 Å². The molecule has 0 fully saturated rings. The molecule has 136 valence electrons. The van der Waals surface area contributed by atoms with Crippen LogP contribution in [0, 0.1) is 6.92 Å². The molecule has 1 aliphatic rings. The van der Waals surface area contributed by atoms with Gasteiger partial charge in [-0.3, -0.25) is 20.4 Å². The number of ether oxygens (including phenoxy) is 2. The molecule has 27 heavy (non-hydrogen) atoms. The van der Waals surface area contributed by atoms with E-state index in [9.17, 15) is 9.59 Å².